The van der Waals surface area contributed by atoms with Crippen LogP contribution in [0.5, 0.6) is 0 Å². The average molecular weight is 861 g/mol. The van der Waals surface area contributed by atoms with E-state index in [2.05, 4.69) is 141 Å². The Kier molecular flexibility index (Phi) is 38.3. The molecule has 9 heteroatoms. The number of carbonyl (C=O) groups is 1. The fourth-order valence-corrected chi connectivity index (χ4v) is 5.78. The molecule has 1 rings (SSSR count). The van der Waals surface area contributed by atoms with Gasteiger partial charge in [0.2, 0.25) is 0 Å². The molecule has 0 radical (unpaired) electrons. The maximum atomic E-state index is 12.7. The van der Waals surface area contributed by atoms with Crippen molar-refractivity contribution in [2.24, 2.45) is 0 Å². The molecule has 346 valence electrons. The highest BCUT2D eigenvalue weighted by Crippen LogP contribution is 2.22. The quantitative estimate of drug-likeness (QED) is 0.0276. The van der Waals surface area contributed by atoms with Crippen molar-refractivity contribution in [1.82, 2.24) is 0 Å². The first-order valence-corrected chi connectivity index (χ1v) is 22.9. The third-order valence-corrected chi connectivity index (χ3v) is 9.28. The Morgan fingerprint density at radius 3 is 1.34 bits per heavy atom. The van der Waals surface area contributed by atoms with E-state index >= 15 is 0 Å². The van der Waals surface area contributed by atoms with E-state index in [0.29, 0.717) is 13.0 Å². The van der Waals surface area contributed by atoms with Crippen LogP contribution in [0, 0.1) is 0 Å². The summed E-state index contributed by atoms with van der Waals surface area (Å²) in [6.07, 6.45) is 57.6. The Hall–Kier alpha value is -3.93. The molecule has 6 unspecified atom stereocenters. The molecule has 0 aromatic rings. The second kappa shape index (κ2) is 42.4. The first-order chi connectivity index (χ1) is 30.4. The van der Waals surface area contributed by atoms with Gasteiger partial charge in [0.15, 0.2) is 6.29 Å². The number of hydrogen-bond donors (Lipinski definition) is 4. The molecule has 1 saturated heterocycles. The maximum absolute atomic E-state index is 12.7. The van der Waals surface area contributed by atoms with E-state index in [-0.39, 0.29) is 19.6 Å². The summed E-state index contributed by atoms with van der Waals surface area (Å²) in [5, 5.41) is 40.1. The molecule has 1 heterocycles. The lowest BCUT2D eigenvalue weighted by atomic mass is 9.99. The van der Waals surface area contributed by atoms with Crippen molar-refractivity contribution >= 4 is 5.97 Å². The number of aliphatic hydroxyl groups is 4. The molecule has 1 aliphatic rings. The molecular formula is C53H80O9. The highest BCUT2D eigenvalue weighted by atomic mass is 16.7. The first-order valence-electron chi connectivity index (χ1n) is 22.9. The highest BCUT2D eigenvalue weighted by Gasteiger charge is 2.44. The molecule has 0 aromatic carbocycles. The molecule has 1 fully saturated rings. The molecule has 4 N–H and O–H groups in total. The molecule has 0 bridgehead atoms. The summed E-state index contributed by atoms with van der Waals surface area (Å²) < 4.78 is 22.6. The van der Waals surface area contributed by atoms with E-state index in [4.69, 9.17) is 18.9 Å². The number of aliphatic hydroxyl groups excluding tert-OH is 4. The van der Waals surface area contributed by atoms with Crippen LogP contribution in [-0.2, 0) is 23.7 Å². The van der Waals surface area contributed by atoms with Gasteiger partial charge in [-0.2, -0.15) is 0 Å². The fraction of sp³-hybridized carbons (Fsp3) is 0.528. The van der Waals surface area contributed by atoms with Crippen molar-refractivity contribution < 1.29 is 44.2 Å². The highest BCUT2D eigenvalue weighted by molar-refractivity contribution is 5.71. The molecule has 6 atom stereocenters. The van der Waals surface area contributed by atoms with E-state index in [1.807, 2.05) is 12.2 Å². The molecule has 9 nitrogen and oxygen atoms in total. The minimum Gasteiger partial charge on any atom is -0.457 e. The van der Waals surface area contributed by atoms with Gasteiger partial charge in [0.25, 0.3) is 0 Å². The van der Waals surface area contributed by atoms with Crippen molar-refractivity contribution in [2.75, 3.05) is 26.4 Å². The Balaban J connectivity index is 2.36. The zero-order valence-electron chi connectivity index (χ0n) is 37.8. The van der Waals surface area contributed by atoms with E-state index < -0.39 is 49.4 Å². The molecule has 0 aliphatic carbocycles. The summed E-state index contributed by atoms with van der Waals surface area (Å²) in [6, 6.07) is 0. The number of ether oxygens (including phenoxy) is 4. The van der Waals surface area contributed by atoms with Gasteiger partial charge in [-0.15, -0.1) is 0 Å². The lowest BCUT2D eigenvalue weighted by Gasteiger charge is -2.39. The van der Waals surface area contributed by atoms with Crippen molar-refractivity contribution in [2.45, 2.75) is 153 Å². The van der Waals surface area contributed by atoms with E-state index in [9.17, 15) is 25.2 Å². The minimum absolute atomic E-state index is 0.0628. The molecule has 0 saturated carbocycles. The van der Waals surface area contributed by atoms with Gasteiger partial charge in [0.1, 0.15) is 30.5 Å². The standard InChI is InChI=1S/C53H80O9/c1-3-5-7-9-11-13-15-17-19-20-21-22-23-24-25-26-27-29-31-33-35-37-39-41-43-59-45-47(46-60-53-52(58)51(57)50(56)48(44-54)62-53)61-49(55)42-40-38-36-34-32-30-28-18-16-14-12-10-8-6-4-2/h5-8,11-14,17-19,21-22,24-25,27-29,32-35,38,40,47-48,50-54,56-58H,3-4,9-10,15-16,20,23,26,30-31,36-37,39,41-46H2,1-2H3/b7-5-,8-6-,13-11-,14-12-,19-17-,22-21-,25-24-,28-18-,29-27-,34-32-,35-33-,40-38-. The Labute approximate surface area is 374 Å². The third kappa shape index (κ3) is 32.7. The second-order valence-electron chi connectivity index (χ2n) is 14.7. The summed E-state index contributed by atoms with van der Waals surface area (Å²) >= 11 is 0. The maximum Gasteiger partial charge on any atom is 0.310 e. The van der Waals surface area contributed by atoms with Gasteiger partial charge in [0, 0.05) is 6.61 Å². The van der Waals surface area contributed by atoms with E-state index in [0.717, 1.165) is 89.9 Å². The number of carbonyl (C=O) groups excluding carboxylic acids is 1. The van der Waals surface area contributed by atoms with Crippen molar-refractivity contribution in [3.8, 4) is 0 Å². The van der Waals surface area contributed by atoms with Crippen LogP contribution in [-0.4, -0.2) is 89.6 Å². The van der Waals surface area contributed by atoms with E-state index in [1.54, 1.807) is 6.08 Å². The van der Waals surface area contributed by atoms with Crippen molar-refractivity contribution in [1.29, 1.82) is 0 Å². The van der Waals surface area contributed by atoms with Gasteiger partial charge in [-0.05, 0) is 96.3 Å². The summed E-state index contributed by atoms with van der Waals surface area (Å²) in [6.45, 7) is 4.05. The summed E-state index contributed by atoms with van der Waals surface area (Å²) in [5.41, 5.74) is 0. The minimum atomic E-state index is -1.57. The molecule has 62 heavy (non-hydrogen) atoms. The molecule has 0 aromatic heterocycles. The lowest BCUT2D eigenvalue weighted by Crippen LogP contribution is -2.59. The zero-order valence-corrected chi connectivity index (χ0v) is 37.8. The zero-order chi connectivity index (χ0) is 45.0. The first kappa shape index (κ1) is 56.1. The Bertz CT molecular complexity index is 1440. The predicted molar refractivity (Wildman–Crippen MR) is 255 cm³/mol. The Morgan fingerprint density at radius 2 is 0.919 bits per heavy atom. The molecular weight excluding hydrogens is 781 g/mol. The largest absolute Gasteiger partial charge is 0.457 e. The van der Waals surface area contributed by atoms with Crippen molar-refractivity contribution in [3.63, 3.8) is 0 Å². The van der Waals surface area contributed by atoms with Crippen LogP contribution >= 0.6 is 0 Å². The Morgan fingerprint density at radius 1 is 0.516 bits per heavy atom. The van der Waals surface area contributed by atoms with Gasteiger partial charge < -0.3 is 39.4 Å². The van der Waals surface area contributed by atoms with Crippen LogP contribution in [0.1, 0.15) is 117 Å². The second-order valence-corrected chi connectivity index (χ2v) is 14.7. The summed E-state index contributed by atoms with van der Waals surface area (Å²) in [4.78, 5) is 12.7. The van der Waals surface area contributed by atoms with Gasteiger partial charge in [-0.1, -0.05) is 160 Å². The van der Waals surface area contributed by atoms with Gasteiger partial charge in [0.05, 0.1) is 26.2 Å². The number of unbranched alkanes of at least 4 members (excludes halogenated alkanes) is 2. The van der Waals surface area contributed by atoms with Crippen LogP contribution in [0.25, 0.3) is 0 Å². The van der Waals surface area contributed by atoms with Crippen LogP contribution < -0.4 is 0 Å². The average Bonchev–Trinajstić information content (AvgIpc) is 3.27. The normalized spacial score (nSPS) is 21.2. The monoisotopic (exact) mass is 861 g/mol. The number of allylic oxidation sites excluding steroid dienone is 23. The topological polar surface area (TPSA) is 135 Å². The van der Waals surface area contributed by atoms with Crippen LogP contribution in [0.3, 0.4) is 0 Å². The molecule has 0 amide bonds. The van der Waals surface area contributed by atoms with Crippen LogP contribution in [0.15, 0.2) is 146 Å². The van der Waals surface area contributed by atoms with E-state index in [1.165, 1.54) is 0 Å². The molecule has 0 spiro atoms. The predicted octanol–water partition coefficient (Wildman–Crippen LogP) is 10.7. The van der Waals surface area contributed by atoms with Gasteiger partial charge >= 0.3 is 5.97 Å². The lowest BCUT2D eigenvalue weighted by molar-refractivity contribution is -0.305. The fourth-order valence-electron chi connectivity index (χ4n) is 5.78. The molecule has 1 aliphatic heterocycles. The number of rotatable bonds is 36. The van der Waals surface area contributed by atoms with Gasteiger partial charge in [-0.3, -0.25) is 4.79 Å². The number of esters is 1. The SMILES string of the molecule is CC/C=C\C/C=C\C/C=C\C/C=C\C/C=C\C/C=C\C/C=C\CCCCOCC(COC1OC(CO)C(O)C(O)C1O)OC(=O)C/C=C\C/C=C\C/C=C\C/C=C\C/C=C\CC. The summed E-state index contributed by atoms with van der Waals surface area (Å²) in [5.74, 6) is -0.463. The smallest absolute Gasteiger partial charge is 0.310 e. The number of hydrogen-bond acceptors (Lipinski definition) is 9. The van der Waals surface area contributed by atoms with Crippen LogP contribution in [0.2, 0.25) is 0 Å². The van der Waals surface area contributed by atoms with Crippen molar-refractivity contribution in [3.05, 3.63) is 146 Å². The van der Waals surface area contributed by atoms with Gasteiger partial charge in [-0.25, -0.2) is 0 Å². The van der Waals surface area contributed by atoms with Crippen LogP contribution in [0.4, 0.5) is 0 Å². The summed E-state index contributed by atoms with van der Waals surface area (Å²) in [7, 11) is 0. The third-order valence-electron chi connectivity index (χ3n) is 9.28.